The Morgan fingerprint density at radius 1 is 0.973 bits per heavy atom. The average molecular weight is 493 g/mol. The van der Waals surface area contributed by atoms with E-state index in [9.17, 15) is 4.79 Å². The molecule has 2 heterocycles. The summed E-state index contributed by atoms with van der Waals surface area (Å²) >= 11 is 0. The molecule has 5 rings (SSSR count). The van der Waals surface area contributed by atoms with E-state index >= 15 is 0 Å². The van der Waals surface area contributed by atoms with Gasteiger partial charge in [-0.05, 0) is 60.9 Å². The Hall–Kier alpha value is -4.72. The van der Waals surface area contributed by atoms with Crippen molar-refractivity contribution in [3.8, 4) is 5.75 Å². The first-order valence-electron chi connectivity index (χ1n) is 12.1. The van der Waals surface area contributed by atoms with Crippen molar-refractivity contribution in [1.82, 2.24) is 20.3 Å². The number of hydrogen-bond acceptors (Lipinski definition) is 5. The van der Waals surface area contributed by atoms with Gasteiger partial charge in [0.25, 0.3) is 5.91 Å². The molecule has 0 aliphatic rings. The van der Waals surface area contributed by atoms with Crippen molar-refractivity contribution >= 4 is 39.5 Å². The molecular weight excluding hydrogens is 464 g/mol. The Kier molecular flexibility index (Phi) is 6.81. The Bertz CT molecular complexity index is 1600. The zero-order valence-corrected chi connectivity index (χ0v) is 21.0. The van der Waals surface area contributed by atoms with Crippen LogP contribution >= 0.6 is 0 Å². The number of fused-ring (bicyclic) bond motifs is 2. The van der Waals surface area contributed by atoms with Crippen LogP contribution in [-0.4, -0.2) is 40.5 Å². The van der Waals surface area contributed by atoms with Crippen LogP contribution in [0.4, 0.5) is 5.95 Å². The number of benzene rings is 3. The van der Waals surface area contributed by atoms with Gasteiger partial charge in [-0.2, -0.15) is 0 Å². The van der Waals surface area contributed by atoms with Crippen LogP contribution in [0.15, 0.2) is 77.9 Å². The summed E-state index contributed by atoms with van der Waals surface area (Å²) in [5, 5.41) is 9.04. The molecule has 0 bridgehead atoms. The molecule has 0 saturated heterocycles. The Labute approximate surface area is 214 Å². The minimum Gasteiger partial charge on any atom is -0.497 e. The van der Waals surface area contributed by atoms with E-state index in [2.05, 4.69) is 25.6 Å². The van der Waals surface area contributed by atoms with Gasteiger partial charge < -0.3 is 9.72 Å². The fourth-order valence-corrected chi connectivity index (χ4v) is 4.38. The van der Waals surface area contributed by atoms with Gasteiger partial charge in [0.05, 0.1) is 7.11 Å². The van der Waals surface area contributed by atoms with Crippen LogP contribution in [0.3, 0.4) is 0 Å². The number of amides is 1. The molecule has 0 aliphatic carbocycles. The highest BCUT2D eigenvalue weighted by atomic mass is 16.5. The van der Waals surface area contributed by atoms with Gasteiger partial charge in [0.1, 0.15) is 5.75 Å². The minimum absolute atomic E-state index is 0.258. The Morgan fingerprint density at radius 3 is 2.57 bits per heavy atom. The second kappa shape index (κ2) is 10.5. The third kappa shape index (κ3) is 5.43. The first kappa shape index (κ1) is 24.0. The normalized spacial score (nSPS) is 11.6. The van der Waals surface area contributed by atoms with Gasteiger partial charge >= 0.3 is 0 Å². The number of nitrogens with one attached hydrogen (secondary N) is 3. The predicted octanol–water partition coefficient (Wildman–Crippen LogP) is 5.18. The van der Waals surface area contributed by atoms with E-state index in [4.69, 9.17) is 9.73 Å². The van der Waals surface area contributed by atoms with Gasteiger partial charge in [0, 0.05) is 46.7 Å². The van der Waals surface area contributed by atoms with E-state index in [0.717, 1.165) is 44.4 Å². The molecule has 5 aromatic rings. The fourth-order valence-electron chi connectivity index (χ4n) is 4.38. The summed E-state index contributed by atoms with van der Waals surface area (Å²) in [7, 11) is 1.65. The zero-order chi connectivity index (χ0) is 25.8. The summed E-state index contributed by atoms with van der Waals surface area (Å²) in [5.74, 6) is 1.22. The smallest absolute Gasteiger partial charge is 0.258 e. The molecule has 37 heavy (non-hydrogen) atoms. The number of rotatable bonds is 6. The lowest BCUT2D eigenvalue weighted by atomic mass is 10.0. The van der Waals surface area contributed by atoms with Crippen molar-refractivity contribution in [2.24, 2.45) is 4.99 Å². The number of aryl methyl sites for hydroxylation is 2. The van der Waals surface area contributed by atoms with Crippen LogP contribution in [0.2, 0.25) is 0 Å². The van der Waals surface area contributed by atoms with Crippen molar-refractivity contribution in [1.29, 1.82) is 0 Å². The molecule has 3 aromatic carbocycles. The van der Waals surface area contributed by atoms with Crippen molar-refractivity contribution in [3.05, 3.63) is 95.4 Å². The standard InChI is InChI=1S/C29H28N6O2/c1-18-15-19(2)33-29(32-18)35-28(34-27(36)25-10-6-8-20-7-4-5-9-23(20)25)30-14-13-21-17-31-26-16-22(37-3)11-12-24(21)26/h4-12,15-17,31H,13-14H2,1-3H3,(H2,30,32,33,34,35,36). The summed E-state index contributed by atoms with van der Waals surface area (Å²) in [6.07, 6.45) is 2.66. The molecule has 1 amide bonds. The molecule has 0 saturated carbocycles. The van der Waals surface area contributed by atoms with E-state index in [0.29, 0.717) is 30.4 Å². The molecule has 8 nitrogen and oxygen atoms in total. The van der Waals surface area contributed by atoms with Gasteiger partial charge in [-0.1, -0.05) is 36.4 Å². The van der Waals surface area contributed by atoms with Crippen LogP contribution in [-0.2, 0) is 6.42 Å². The second-order valence-corrected chi connectivity index (χ2v) is 8.79. The third-order valence-corrected chi connectivity index (χ3v) is 6.10. The summed E-state index contributed by atoms with van der Waals surface area (Å²) in [4.78, 5) is 30.2. The van der Waals surface area contributed by atoms with Crippen LogP contribution in [0.5, 0.6) is 5.75 Å². The topological polar surface area (TPSA) is 104 Å². The van der Waals surface area contributed by atoms with Gasteiger partial charge in [0.2, 0.25) is 11.9 Å². The molecule has 0 spiro atoms. The quantitative estimate of drug-likeness (QED) is 0.224. The van der Waals surface area contributed by atoms with E-state index in [1.165, 1.54) is 0 Å². The first-order valence-corrected chi connectivity index (χ1v) is 12.1. The monoisotopic (exact) mass is 492 g/mol. The third-order valence-electron chi connectivity index (χ3n) is 6.10. The van der Waals surface area contributed by atoms with Crippen LogP contribution in [0, 0.1) is 13.8 Å². The number of carbonyl (C=O) groups is 1. The number of nitrogens with zero attached hydrogens (tertiary/aromatic N) is 3. The summed E-state index contributed by atoms with van der Waals surface area (Å²) in [6, 6.07) is 21.3. The summed E-state index contributed by atoms with van der Waals surface area (Å²) < 4.78 is 5.32. The SMILES string of the molecule is COc1ccc2c(CCN=C(NC(=O)c3cccc4ccccc34)Nc3nc(C)cc(C)n3)c[nH]c2c1. The molecular formula is C29H28N6O2. The molecule has 2 aromatic heterocycles. The maximum absolute atomic E-state index is 13.3. The molecule has 0 radical (unpaired) electrons. The first-order chi connectivity index (χ1) is 18.0. The lowest BCUT2D eigenvalue weighted by molar-refractivity contribution is 0.0978. The number of carbonyl (C=O) groups excluding carboxylic acids is 1. The van der Waals surface area contributed by atoms with Crippen molar-refractivity contribution in [3.63, 3.8) is 0 Å². The Balaban J connectivity index is 1.40. The highest BCUT2D eigenvalue weighted by molar-refractivity contribution is 6.14. The van der Waals surface area contributed by atoms with E-state index < -0.39 is 0 Å². The van der Waals surface area contributed by atoms with Crippen LogP contribution < -0.4 is 15.4 Å². The average Bonchev–Trinajstić information content (AvgIpc) is 3.29. The molecule has 3 N–H and O–H groups in total. The maximum atomic E-state index is 13.3. The highest BCUT2D eigenvalue weighted by Gasteiger charge is 2.14. The fraction of sp³-hybridized carbons (Fsp3) is 0.172. The number of H-pyrrole nitrogens is 1. The van der Waals surface area contributed by atoms with Crippen molar-refractivity contribution in [2.75, 3.05) is 19.0 Å². The Morgan fingerprint density at radius 2 is 1.76 bits per heavy atom. The number of anilines is 1. The largest absolute Gasteiger partial charge is 0.497 e. The van der Waals surface area contributed by atoms with Crippen LogP contribution in [0.1, 0.15) is 27.3 Å². The van der Waals surface area contributed by atoms with Gasteiger partial charge in [-0.25, -0.2) is 9.97 Å². The maximum Gasteiger partial charge on any atom is 0.258 e. The van der Waals surface area contributed by atoms with Crippen LogP contribution in [0.25, 0.3) is 21.7 Å². The molecule has 0 fully saturated rings. The molecule has 0 aliphatic heterocycles. The van der Waals surface area contributed by atoms with E-state index in [1.54, 1.807) is 7.11 Å². The van der Waals surface area contributed by atoms with Gasteiger partial charge in [0.15, 0.2) is 0 Å². The van der Waals surface area contributed by atoms with Crippen molar-refractivity contribution < 1.29 is 9.53 Å². The van der Waals surface area contributed by atoms with E-state index in [1.807, 2.05) is 86.8 Å². The number of aromatic nitrogens is 3. The second-order valence-electron chi connectivity index (χ2n) is 8.79. The lowest BCUT2D eigenvalue weighted by Crippen LogP contribution is -2.37. The summed E-state index contributed by atoms with van der Waals surface area (Å²) in [6.45, 7) is 4.25. The van der Waals surface area contributed by atoms with Gasteiger partial charge in [-0.3, -0.25) is 20.4 Å². The highest BCUT2D eigenvalue weighted by Crippen LogP contribution is 2.23. The number of hydrogen-bond donors (Lipinski definition) is 3. The van der Waals surface area contributed by atoms with Gasteiger partial charge in [-0.15, -0.1) is 0 Å². The van der Waals surface area contributed by atoms with Crippen molar-refractivity contribution in [2.45, 2.75) is 20.3 Å². The summed E-state index contributed by atoms with van der Waals surface area (Å²) in [5.41, 5.74) is 4.35. The molecule has 186 valence electrons. The lowest BCUT2D eigenvalue weighted by Gasteiger charge is -2.13. The number of aliphatic imine (C=N–C) groups is 1. The minimum atomic E-state index is -0.258. The number of ether oxygens (including phenoxy) is 1. The zero-order valence-electron chi connectivity index (χ0n) is 21.0. The molecule has 0 atom stereocenters. The molecule has 0 unspecified atom stereocenters. The number of guanidine groups is 1. The number of methoxy groups -OCH3 is 1. The molecule has 8 heteroatoms. The van der Waals surface area contributed by atoms with E-state index in [-0.39, 0.29) is 5.91 Å². The number of aromatic amines is 1. The predicted molar refractivity (Wildman–Crippen MR) is 147 cm³/mol.